The molecule has 1 rings (SSSR count). The zero-order valence-corrected chi connectivity index (χ0v) is 10.1. The van der Waals surface area contributed by atoms with Crippen LogP contribution >= 0.6 is 15.9 Å². The van der Waals surface area contributed by atoms with E-state index in [1.54, 1.807) is 17.7 Å². The Bertz CT molecular complexity index is 462. The molecule has 1 aromatic rings. The van der Waals surface area contributed by atoms with Crippen LogP contribution in [0.15, 0.2) is 22.7 Å². The van der Waals surface area contributed by atoms with Gasteiger partial charge in [-0.3, -0.25) is 4.72 Å². The summed E-state index contributed by atoms with van der Waals surface area (Å²) in [5, 5.41) is 0. The predicted molar refractivity (Wildman–Crippen MR) is 57.4 cm³/mol. The first kappa shape index (κ1) is 12.4. The molecule has 0 spiro atoms. The maximum Gasteiger partial charge on any atom is 0.355 e. The average molecular weight is 300 g/mol. The Hall–Kier alpha value is -0.690. The van der Waals surface area contributed by atoms with Gasteiger partial charge in [-0.1, -0.05) is 22.0 Å². The Morgan fingerprint density at radius 2 is 2.00 bits per heavy atom. The van der Waals surface area contributed by atoms with Crippen LogP contribution in [0.1, 0.15) is 5.56 Å². The molecule has 0 fully saturated rings. The van der Waals surface area contributed by atoms with Gasteiger partial charge in [0.15, 0.2) is 0 Å². The first-order valence-electron chi connectivity index (χ1n) is 3.89. The Morgan fingerprint density at radius 1 is 1.40 bits per heavy atom. The summed E-state index contributed by atoms with van der Waals surface area (Å²) < 4.78 is 48.1. The molecule has 1 N–H and O–H groups in total. The molecule has 0 heterocycles. The molecule has 0 amide bonds. The molecule has 0 aliphatic rings. The number of sulfonamides is 1. The highest BCUT2D eigenvalue weighted by Gasteiger charge is 2.23. The molecule has 0 saturated carbocycles. The maximum absolute atomic E-state index is 12.0. The van der Waals surface area contributed by atoms with Crippen molar-refractivity contribution >= 4 is 31.6 Å². The van der Waals surface area contributed by atoms with E-state index in [0.29, 0.717) is 4.47 Å². The summed E-state index contributed by atoms with van der Waals surface area (Å²) in [6, 6.07) is 4.46. The molecule has 1 aromatic carbocycles. The van der Waals surface area contributed by atoms with Crippen LogP contribution < -0.4 is 4.72 Å². The van der Waals surface area contributed by atoms with Gasteiger partial charge in [0.1, 0.15) is 0 Å². The van der Waals surface area contributed by atoms with E-state index in [9.17, 15) is 17.2 Å². The molecule has 0 saturated heterocycles. The lowest BCUT2D eigenvalue weighted by Gasteiger charge is -2.07. The van der Waals surface area contributed by atoms with Crippen molar-refractivity contribution < 1.29 is 17.2 Å². The predicted octanol–water partition coefficient (Wildman–Crippen LogP) is 2.72. The number of alkyl halides is 2. The van der Waals surface area contributed by atoms with Crippen LogP contribution in [0, 0.1) is 6.92 Å². The molecule has 0 atom stereocenters. The van der Waals surface area contributed by atoms with Crippen LogP contribution in [-0.2, 0) is 10.0 Å². The third-order valence-electron chi connectivity index (χ3n) is 1.67. The minimum Gasteiger partial charge on any atom is -0.279 e. The lowest BCUT2D eigenvalue weighted by atomic mass is 10.2. The molecule has 0 aliphatic carbocycles. The number of benzene rings is 1. The van der Waals surface area contributed by atoms with Crippen molar-refractivity contribution in [3.8, 4) is 0 Å². The Kier molecular flexibility index (Phi) is 3.67. The van der Waals surface area contributed by atoms with Crippen molar-refractivity contribution in [1.29, 1.82) is 0 Å². The van der Waals surface area contributed by atoms with Crippen molar-refractivity contribution in [3.63, 3.8) is 0 Å². The van der Waals surface area contributed by atoms with Crippen LogP contribution in [0.4, 0.5) is 14.5 Å². The lowest BCUT2D eigenvalue weighted by molar-refractivity contribution is 0.236. The summed E-state index contributed by atoms with van der Waals surface area (Å²) in [7, 11) is -4.59. The summed E-state index contributed by atoms with van der Waals surface area (Å²) in [6.45, 7) is 1.80. The third kappa shape index (κ3) is 3.13. The van der Waals surface area contributed by atoms with Crippen molar-refractivity contribution in [3.05, 3.63) is 28.2 Å². The zero-order chi connectivity index (χ0) is 11.6. The van der Waals surface area contributed by atoms with Gasteiger partial charge in [0, 0.05) is 10.2 Å². The lowest BCUT2D eigenvalue weighted by Crippen LogP contribution is -2.20. The largest absolute Gasteiger partial charge is 0.355 e. The van der Waals surface area contributed by atoms with Gasteiger partial charge in [0.2, 0.25) is 0 Å². The van der Waals surface area contributed by atoms with Crippen LogP contribution in [-0.4, -0.2) is 14.2 Å². The summed E-state index contributed by atoms with van der Waals surface area (Å²) in [5.41, 5.74) is 0.989. The highest BCUT2D eigenvalue weighted by atomic mass is 79.9. The number of hydrogen-bond acceptors (Lipinski definition) is 2. The number of rotatable bonds is 3. The van der Waals surface area contributed by atoms with E-state index in [1.165, 1.54) is 12.1 Å². The molecule has 0 aromatic heterocycles. The van der Waals surface area contributed by atoms with E-state index in [2.05, 4.69) is 15.9 Å². The van der Waals surface area contributed by atoms with Crippen molar-refractivity contribution in [2.24, 2.45) is 0 Å². The quantitative estimate of drug-likeness (QED) is 0.933. The Morgan fingerprint density at radius 3 is 2.47 bits per heavy atom. The van der Waals surface area contributed by atoms with E-state index < -0.39 is 15.8 Å². The van der Waals surface area contributed by atoms with Crippen molar-refractivity contribution in [1.82, 2.24) is 0 Å². The fourth-order valence-corrected chi connectivity index (χ4v) is 1.79. The summed E-state index contributed by atoms with van der Waals surface area (Å²) in [4.78, 5) is 0. The number of halogens is 3. The van der Waals surface area contributed by atoms with Gasteiger partial charge >= 0.3 is 5.76 Å². The second-order valence-electron chi connectivity index (χ2n) is 2.87. The standard InChI is InChI=1S/C8H8BrF2NO2S/c1-5-2-3-6(4-7(5)9)12-15(13,14)8(10)11/h2-4,8,12H,1H3. The van der Waals surface area contributed by atoms with E-state index >= 15 is 0 Å². The average Bonchev–Trinajstić information content (AvgIpc) is 2.10. The molecule has 84 valence electrons. The molecule has 0 bridgehead atoms. The number of aryl methyl sites for hydroxylation is 1. The van der Waals surface area contributed by atoms with Crippen molar-refractivity contribution in [2.75, 3.05) is 4.72 Å². The molecule has 7 heteroatoms. The van der Waals surface area contributed by atoms with Crippen molar-refractivity contribution in [2.45, 2.75) is 12.7 Å². The first-order chi connectivity index (χ1) is 6.83. The molecule has 3 nitrogen and oxygen atoms in total. The SMILES string of the molecule is Cc1ccc(NS(=O)(=O)C(F)F)cc1Br. The molecule has 15 heavy (non-hydrogen) atoms. The van der Waals surface area contributed by atoms with Gasteiger partial charge in [0.05, 0.1) is 0 Å². The molecular weight excluding hydrogens is 292 g/mol. The summed E-state index contributed by atoms with van der Waals surface area (Å²) in [6.07, 6.45) is 0. The smallest absolute Gasteiger partial charge is 0.279 e. The van der Waals surface area contributed by atoms with Crippen LogP contribution in [0.2, 0.25) is 0 Å². The number of anilines is 1. The number of hydrogen-bond donors (Lipinski definition) is 1. The van der Waals surface area contributed by atoms with Crippen LogP contribution in [0.25, 0.3) is 0 Å². The second kappa shape index (κ2) is 4.44. The van der Waals surface area contributed by atoms with Gasteiger partial charge in [-0.05, 0) is 24.6 Å². The fraction of sp³-hybridized carbons (Fsp3) is 0.250. The van der Waals surface area contributed by atoms with E-state index in [0.717, 1.165) is 5.56 Å². The van der Waals surface area contributed by atoms with Gasteiger partial charge in [-0.15, -0.1) is 0 Å². The van der Waals surface area contributed by atoms with E-state index in [-0.39, 0.29) is 5.69 Å². The monoisotopic (exact) mass is 299 g/mol. The first-order valence-corrected chi connectivity index (χ1v) is 6.23. The Labute approximate surface area is 94.7 Å². The molecule has 0 aliphatic heterocycles. The summed E-state index contributed by atoms with van der Waals surface area (Å²) >= 11 is 3.17. The van der Waals surface area contributed by atoms with Crippen LogP contribution in [0.3, 0.4) is 0 Å². The normalized spacial score (nSPS) is 11.8. The van der Waals surface area contributed by atoms with Crippen LogP contribution in [0.5, 0.6) is 0 Å². The molecule has 0 radical (unpaired) electrons. The third-order valence-corrected chi connectivity index (χ3v) is 3.51. The van der Waals surface area contributed by atoms with E-state index in [4.69, 9.17) is 0 Å². The minimum absolute atomic E-state index is 0.104. The minimum atomic E-state index is -4.59. The molecule has 0 unspecified atom stereocenters. The highest BCUT2D eigenvalue weighted by Crippen LogP contribution is 2.22. The van der Waals surface area contributed by atoms with Gasteiger partial charge < -0.3 is 0 Å². The number of nitrogens with one attached hydrogen (secondary N) is 1. The molecular formula is C8H8BrF2NO2S. The zero-order valence-electron chi connectivity index (χ0n) is 7.67. The van der Waals surface area contributed by atoms with Gasteiger partial charge in [0.25, 0.3) is 10.0 Å². The van der Waals surface area contributed by atoms with Gasteiger partial charge in [-0.25, -0.2) is 8.42 Å². The highest BCUT2D eigenvalue weighted by molar-refractivity contribution is 9.10. The Balaban J connectivity index is 2.96. The van der Waals surface area contributed by atoms with E-state index in [1.807, 2.05) is 0 Å². The maximum atomic E-state index is 12.0. The summed E-state index contributed by atoms with van der Waals surface area (Å²) in [5.74, 6) is -3.43. The fourth-order valence-electron chi connectivity index (χ4n) is 0.865. The second-order valence-corrected chi connectivity index (χ2v) is 5.38. The topological polar surface area (TPSA) is 46.2 Å². The van der Waals surface area contributed by atoms with Gasteiger partial charge in [-0.2, -0.15) is 8.78 Å².